The maximum absolute atomic E-state index is 12.0. The second-order valence-corrected chi connectivity index (χ2v) is 8.55. The van der Waals surface area contributed by atoms with E-state index in [0.717, 1.165) is 5.57 Å². The predicted octanol–water partition coefficient (Wildman–Crippen LogP) is -0.604. The number of hydrogen-bond acceptors (Lipinski definition) is 9. The molecule has 2 aliphatic heterocycles. The van der Waals surface area contributed by atoms with Crippen LogP contribution in [0.4, 0.5) is 0 Å². The minimum Gasteiger partial charge on any atom is -0.461 e. The Bertz CT molecular complexity index is 688. The Morgan fingerprint density at radius 1 is 1.13 bits per heavy atom. The van der Waals surface area contributed by atoms with Gasteiger partial charge < -0.3 is 39.7 Å². The highest BCUT2D eigenvalue weighted by Crippen LogP contribution is 2.36. The number of fused-ring (bicyclic) bond motifs is 1. The van der Waals surface area contributed by atoms with Crippen LogP contribution in [-0.4, -0.2) is 87.1 Å². The van der Waals surface area contributed by atoms with Gasteiger partial charge in [0.25, 0.3) is 0 Å². The molecule has 10 atom stereocenters. The lowest BCUT2D eigenvalue weighted by molar-refractivity contribution is -0.308. The van der Waals surface area contributed by atoms with E-state index in [1.165, 1.54) is 0 Å². The Labute approximate surface area is 175 Å². The van der Waals surface area contributed by atoms with E-state index in [1.807, 2.05) is 13.0 Å². The average molecular weight is 428 g/mol. The van der Waals surface area contributed by atoms with Crippen molar-refractivity contribution in [2.24, 2.45) is 11.8 Å². The number of aliphatic hydroxyl groups excluding tert-OH is 5. The molecule has 2 fully saturated rings. The number of hydrogen-bond donors (Lipinski definition) is 5. The molecule has 1 aliphatic carbocycles. The lowest BCUT2D eigenvalue weighted by atomic mass is 9.82. The smallest absolute Gasteiger partial charge is 0.309 e. The van der Waals surface area contributed by atoms with Crippen LogP contribution in [-0.2, 0) is 19.0 Å². The fraction of sp³-hybridized carbons (Fsp3) is 0.762. The number of carbonyl (C=O) groups excluding carboxylic acids is 1. The highest BCUT2D eigenvalue weighted by Gasteiger charge is 2.47. The van der Waals surface area contributed by atoms with Gasteiger partial charge in [0.15, 0.2) is 6.29 Å². The summed E-state index contributed by atoms with van der Waals surface area (Å²) in [7, 11) is 0. The molecule has 30 heavy (non-hydrogen) atoms. The molecule has 0 aromatic heterocycles. The van der Waals surface area contributed by atoms with Crippen LogP contribution in [0.25, 0.3) is 0 Å². The van der Waals surface area contributed by atoms with Crippen molar-refractivity contribution in [1.29, 1.82) is 0 Å². The molecule has 0 unspecified atom stereocenters. The van der Waals surface area contributed by atoms with Crippen molar-refractivity contribution in [2.75, 3.05) is 6.61 Å². The van der Waals surface area contributed by atoms with E-state index in [4.69, 9.17) is 14.2 Å². The van der Waals surface area contributed by atoms with Gasteiger partial charge in [-0.25, -0.2) is 0 Å². The molecule has 2 heterocycles. The quantitative estimate of drug-likeness (QED) is 0.294. The van der Waals surface area contributed by atoms with Crippen LogP contribution in [0.15, 0.2) is 23.3 Å². The Kier molecular flexibility index (Phi) is 7.34. The molecule has 3 rings (SSSR count). The lowest BCUT2D eigenvalue weighted by Crippen LogP contribution is -2.59. The van der Waals surface area contributed by atoms with Gasteiger partial charge in [0.05, 0.1) is 24.7 Å². The minimum atomic E-state index is -1.53. The van der Waals surface area contributed by atoms with Gasteiger partial charge in [0.1, 0.15) is 30.5 Å². The molecule has 3 aliphatic rings. The largest absolute Gasteiger partial charge is 0.461 e. The number of aliphatic hydroxyl groups is 5. The zero-order valence-electron chi connectivity index (χ0n) is 17.4. The van der Waals surface area contributed by atoms with Gasteiger partial charge >= 0.3 is 5.97 Å². The van der Waals surface area contributed by atoms with Gasteiger partial charge in [-0.2, -0.15) is 0 Å². The number of rotatable bonds is 3. The maximum atomic E-state index is 12.0. The zero-order valence-corrected chi connectivity index (χ0v) is 17.4. The van der Waals surface area contributed by atoms with E-state index in [1.54, 1.807) is 19.9 Å². The zero-order chi connectivity index (χ0) is 22.2. The number of esters is 1. The lowest BCUT2D eigenvalue weighted by Gasteiger charge is -2.41. The number of carbonyl (C=O) groups is 1. The summed E-state index contributed by atoms with van der Waals surface area (Å²) in [6.45, 7) is 4.87. The van der Waals surface area contributed by atoms with Crippen molar-refractivity contribution in [1.82, 2.24) is 0 Å². The van der Waals surface area contributed by atoms with Gasteiger partial charge in [0, 0.05) is 12.3 Å². The van der Waals surface area contributed by atoms with Crippen molar-refractivity contribution < 1.29 is 44.5 Å². The van der Waals surface area contributed by atoms with Crippen molar-refractivity contribution in [3.05, 3.63) is 23.3 Å². The normalized spacial score (nSPS) is 47.0. The fourth-order valence-corrected chi connectivity index (χ4v) is 4.39. The van der Waals surface area contributed by atoms with Crippen LogP contribution in [0.2, 0.25) is 0 Å². The first kappa shape index (κ1) is 23.3. The van der Waals surface area contributed by atoms with E-state index >= 15 is 0 Å². The predicted molar refractivity (Wildman–Crippen MR) is 104 cm³/mol. The Hall–Kier alpha value is -1.33. The van der Waals surface area contributed by atoms with Crippen LogP contribution in [0, 0.1) is 11.8 Å². The van der Waals surface area contributed by atoms with E-state index in [9.17, 15) is 30.3 Å². The Morgan fingerprint density at radius 2 is 1.83 bits per heavy atom. The summed E-state index contributed by atoms with van der Waals surface area (Å²) in [6, 6.07) is 0. The molecule has 0 radical (unpaired) electrons. The van der Waals surface area contributed by atoms with Gasteiger partial charge in [-0.3, -0.25) is 4.79 Å². The molecule has 0 bridgehead atoms. The van der Waals surface area contributed by atoms with Gasteiger partial charge in [-0.1, -0.05) is 24.6 Å². The maximum Gasteiger partial charge on any atom is 0.309 e. The van der Waals surface area contributed by atoms with Crippen LogP contribution in [0.5, 0.6) is 0 Å². The molecular weight excluding hydrogens is 396 g/mol. The van der Waals surface area contributed by atoms with Crippen LogP contribution >= 0.6 is 0 Å². The second kappa shape index (κ2) is 9.44. The summed E-state index contributed by atoms with van der Waals surface area (Å²) in [5, 5.41) is 50.4. The molecular formula is C21H32O9. The summed E-state index contributed by atoms with van der Waals surface area (Å²) in [4.78, 5) is 12.0. The summed E-state index contributed by atoms with van der Waals surface area (Å²) in [6.07, 6.45) is -4.30. The Morgan fingerprint density at radius 3 is 2.50 bits per heavy atom. The highest BCUT2D eigenvalue weighted by molar-refractivity contribution is 5.75. The molecule has 9 heteroatoms. The van der Waals surface area contributed by atoms with Gasteiger partial charge in [-0.15, -0.1) is 0 Å². The minimum absolute atomic E-state index is 0.323. The van der Waals surface area contributed by atoms with Gasteiger partial charge in [-0.05, 0) is 25.8 Å². The summed E-state index contributed by atoms with van der Waals surface area (Å²) in [5.74, 6) is -1.15. The molecule has 2 saturated heterocycles. The standard InChI is InChI=1S/C21H32O9/c1-9-4-5-13(29-21-19(26)18(25)17(24)15(8-22)30-21)10(2)7-12(23)16-11(3)20(27)28-14(16)6-9/h4,7,11-19,21-26H,5-6,8H2,1-3H3/b9-4?,10-7+/t11-,12+,13-,14-,15+,16-,17+,18-,19+,21+/m0/s1. The monoisotopic (exact) mass is 428 g/mol. The van der Waals surface area contributed by atoms with Crippen LogP contribution in [0.1, 0.15) is 33.6 Å². The topological polar surface area (TPSA) is 146 Å². The Balaban J connectivity index is 1.83. The first-order valence-electron chi connectivity index (χ1n) is 10.3. The van der Waals surface area contributed by atoms with Crippen molar-refractivity contribution in [3.63, 3.8) is 0 Å². The first-order valence-corrected chi connectivity index (χ1v) is 10.3. The molecule has 170 valence electrons. The summed E-state index contributed by atoms with van der Waals surface area (Å²) in [5.41, 5.74) is 1.63. The van der Waals surface area contributed by atoms with Crippen LogP contribution < -0.4 is 0 Å². The third kappa shape index (κ3) is 4.62. The third-order valence-electron chi connectivity index (χ3n) is 6.33. The third-order valence-corrected chi connectivity index (χ3v) is 6.33. The van der Waals surface area contributed by atoms with E-state index in [2.05, 4.69) is 0 Å². The molecule has 0 spiro atoms. The summed E-state index contributed by atoms with van der Waals surface area (Å²) >= 11 is 0. The highest BCUT2D eigenvalue weighted by atomic mass is 16.7. The van der Waals surface area contributed by atoms with E-state index < -0.39 is 61.5 Å². The van der Waals surface area contributed by atoms with Crippen molar-refractivity contribution in [3.8, 4) is 0 Å². The number of ether oxygens (including phenoxy) is 3. The fourth-order valence-electron chi connectivity index (χ4n) is 4.39. The van der Waals surface area contributed by atoms with Crippen molar-refractivity contribution >= 4 is 5.97 Å². The molecule has 0 aromatic rings. The SMILES string of the molecule is CC1=CC[C@H](O[C@@H]2O[C@H](CO)[C@@H](O)[C@H](O)[C@H]2O)/C(C)=C/[C@@H](O)[C@H]2[C@H](C1)OC(=O)[C@H]2C. The molecule has 0 aromatic carbocycles. The van der Waals surface area contributed by atoms with E-state index in [-0.39, 0.29) is 11.9 Å². The van der Waals surface area contributed by atoms with Gasteiger partial charge in [0.2, 0.25) is 0 Å². The van der Waals surface area contributed by atoms with Crippen LogP contribution in [0.3, 0.4) is 0 Å². The molecule has 9 nitrogen and oxygen atoms in total. The molecule has 0 saturated carbocycles. The summed E-state index contributed by atoms with van der Waals surface area (Å²) < 4.78 is 16.8. The van der Waals surface area contributed by atoms with Crippen molar-refractivity contribution in [2.45, 2.75) is 82.6 Å². The van der Waals surface area contributed by atoms with E-state index in [0.29, 0.717) is 18.4 Å². The molecule has 5 N–H and O–H groups in total. The first-order chi connectivity index (χ1) is 14.1. The average Bonchev–Trinajstić information content (AvgIpc) is 2.97. The second-order valence-electron chi connectivity index (χ2n) is 8.55. The molecule has 0 amide bonds.